The van der Waals surface area contributed by atoms with Gasteiger partial charge < -0.3 is 9.47 Å². The third-order valence-corrected chi connectivity index (χ3v) is 3.75. The lowest BCUT2D eigenvalue weighted by atomic mass is 10.1. The van der Waals surface area contributed by atoms with Crippen molar-refractivity contribution in [2.24, 2.45) is 0 Å². The van der Waals surface area contributed by atoms with Crippen LogP contribution in [0.1, 0.15) is 57.9 Å². The first-order valence-electron chi connectivity index (χ1n) is 8.14. The number of hydrogen-bond donors (Lipinski definition) is 0. The normalized spacial score (nSPS) is 12.0. The maximum atomic E-state index is 11.9. The van der Waals surface area contributed by atoms with Gasteiger partial charge in [-0.15, -0.1) is 0 Å². The molecule has 0 aliphatic rings. The number of hydrogen-bond acceptors (Lipinski definition) is 3. The van der Waals surface area contributed by atoms with Gasteiger partial charge in [-0.2, -0.15) is 0 Å². The molecule has 0 bridgehead atoms. The van der Waals surface area contributed by atoms with Crippen LogP contribution in [0.3, 0.4) is 0 Å². The molecule has 0 aliphatic heterocycles. The summed E-state index contributed by atoms with van der Waals surface area (Å²) in [7, 11) is 0. The topological polar surface area (TPSA) is 35.5 Å². The monoisotopic (exact) mass is 326 g/mol. The summed E-state index contributed by atoms with van der Waals surface area (Å²) in [6, 6.07) is 5.33. The van der Waals surface area contributed by atoms with Crippen LogP contribution in [0.2, 0.25) is 5.02 Å². The van der Waals surface area contributed by atoms with Gasteiger partial charge in [0.15, 0.2) is 6.10 Å². The molecule has 124 valence electrons. The maximum absolute atomic E-state index is 11.9. The number of esters is 1. The van der Waals surface area contributed by atoms with Crippen LogP contribution in [0.15, 0.2) is 18.2 Å². The van der Waals surface area contributed by atoms with Crippen molar-refractivity contribution < 1.29 is 14.3 Å². The lowest BCUT2D eigenvalue weighted by molar-refractivity contribution is -0.151. The highest BCUT2D eigenvalue weighted by atomic mass is 35.5. The van der Waals surface area contributed by atoms with Crippen molar-refractivity contribution in [3.05, 3.63) is 28.8 Å². The third-order valence-electron chi connectivity index (χ3n) is 3.51. The zero-order valence-electron chi connectivity index (χ0n) is 13.9. The van der Waals surface area contributed by atoms with Crippen LogP contribution in [0.5, 0.6) is 5.75 Å². The first kappa shape index (κ1) is 18.8. The summed E-state index contributed by atoms with van der Waals surface area (Å²) in [5.41, 5.74) is 0.906. The average molecular weight is 327 g/mol. The quantitative estimate of drug-likeness (QED) is 0.431. The zero-order valence-corrected chi connectivity index (χ0v) is 14.6. The van der Waals surface area contributed by atoms with Crippen LogP contribution in [0, 0.1) is 6.92 Å². The molecule has 0 spiro atoms. The van der Waals surface area contributed by atoms with Crippen LogP contribution in [-0.4, -0.2) is 18.7 Å². The SMILES string of the molecule is CCCCCCCCOC(=O)[C@@H](C)Oc1ccc(Cl)cc1C. The Balaban J connectivity index is 2.24. The van der Waals surface area contributed by atoms with Crippen LogP contribution in [-0.2, 0) is 9.53 Å². The van der Waals surface area contributed by atoms with Crippen molar-refractivity contribution in [3.63, 3.8) is 0 Å². The van der Waals surface area contributed by atoms with Crippen molar-refractivity contribution in [1.82, 2.24) is 0 Å². The summed E-state index contributed by atoms with van der Waals surface area (Å²) in [5.74, 6) is 0.344. The lowest BCUT2D eigenvalue weighted by Gasteiger charge is -2.15. The number of carbonyl (C=O) groups excluding carboxylic acids is 1. The minimum absolute atomic E-state index is 0.317. The Morgan fingerprint density at radius 2 is 1.86 bits per heavy atom. The highest BCUT2D eigenvalue weighted by Crippen LogP contribution is 2.23. The van der Waals surface area contributed by atoms with E-state index in [0.717, 1.165) is 18.4 Å². The van der Waals surface area contributed by atoms with Crippen LogP contribution in [0.4, 0.5) is 0 Å². The van der Waals surface area contributed by atoms with Gasteiger partial charge in [0.2, 0.25) is 0 Å². The zero-order chi connectivity index (χ0) is 16.4. The summed E-state index contributed by atoms with van der Waals surface area (Å²) in [6.07, 6.45) is 6.42. The van der Waals surface area contributed by atoms with Crippen molar-refractivity contribution in [2.75, 3.05) is 6.61 Å². The van der Waals surface area contributed by atoms with E-state index in [1.807, 2.05) is 13.0 Å². The number of halogens is 1. The Kier molecular flexibility index (Phi) is 8.98. The second-order valence-corrected chi connectivity index (χ2v) is 6.04. The van der Waals surface area contributed by atoms with Gasteiger partial charge in [0, 0.05) is 5.02 Å². The molecule has 0 radical (unpaired) electrons. The Hall–Kier alpha value is -1.22. The number of benzene rings is 1. The van der Waals surface area contributed by atoms with E-state index >= 15 is 0 Å². The molecule has 3 nitrogen and oxygen atoms in total. The van der Waals surface area contributed by atoms with E-state index in [1.54, 1.807) is 19.1 Å². The molecule has 1 aromatic carbocycles. The Bertz CT molecular complexity index is 460. The molecular formula is C18H27ClO3. The minimum atomic E-state index is -0.611. The van der Waals surface area contributed by atoms with Gasteiger partial charge >= 0.3 is 5.97 Å². The summed E-state index contributed by atoms with van der Waals surface area (Å²) in [5, 5.41) is 0.656. The molecule has 4 heteroatoms. The van der Waals surface area contributed by atoms with E-state index in [4.69, 9.17) is 21.1 Å². The largest absolute Gasteiger partial charge is 0.479 e. The third kappa shape index (κ3) is 7.17. The van der Waals surface area contributed by atoms with E-state index in [9.17, 15) is 4.79 Å². The number of rotatable bonds is 10. The summed E-state index contributed by atoms with van der Waals surface area (Å²) in [4.78, 5) is 11.9. The van der Waals surface area contributed by atoms with Crippen molar-refractivity contribution in [2.45, 2.75) is 65.4 Å². The fraction of sp³-hybridized carbons (Fsp3) is 0.611. The van der Waals surface area contributed by atoms with Crippen molar-refractivity contribution >= 4 is 17.6 Å². The predicted molar refractivity (Wildman–Crippen MR) is 90.6 cm³/mol. The van der Waals surface area contributed by atoms with Gasteiger partial charge in [-0.25, -0.2) is 4.79 Å². The van der Waals surface area contributed by atoms with Crippen LogP contribution < -0.4 is 4.74 Å². The number of aryl methyl sites for hydroxylation is 1. The molecule has 0 fully saturated rings. The standard InChI is InChI=1S/C18H27ClO3/c1-4-5-6-7-8-9-12-21-18(20)15(3)22-17-11-10-16(19)13-14(17)2/h10-11,13,15H,4-9,12H2,1-3H3/t15-/m1/s1. The fourth-order valence-corrected chi connectivity index (χ4v) is 2.38. The molecule has 1 atom stereocenters. The molecule has 1 rings (SSSR count). The van der Waals surface area contributed by atoms with Crippen LogP contribution in [0.25, 0.3) is 0 Å². The van der Waals surface area contributed by atoms with E-state index in [-0.39, 0.29) is 5.97 Å². The molecule has 0 aromatic heterocycles. The molecule has 1 aromatic rings. The molecule has 0 saturated heterocycles. The van der Waals surface area contributed by atoms with Crippen molar-refractivity contribution in [1.29, 1.82) is 0 Å². The van der Waals surface area contributed by atoms with Gasteiger partial charge in [-0.05, 0) is 44.0 Å². The number of ether oxygens (including phenoxy) is 2. The molecular weight excluding hydrogens is 300 g/mol. The number of carbonyl (C=O) groups is 1. The van der Waals surface area contributed by atoms with Crippen LogP contribution >= 0.6 is 11.6 Å². The Morgan fingerprint density at radius 3 is 2.55 bits per heavy atom. The van der Waals surface area contributed by atoms with E-state index in [1.165, 1.54) is 25.7 Å². The molecule has 0 aliphatic carbocycles. The molecule has 0 heterocycles. The molecule has 0 amide bonds. The van der Waals surface area contributed by atoms with Gasteiger partial charge in [-0.1, -0.05) is 50.6 Å². The number of unbranched alkanes of at least 4 members (excludes halogenated alkanes) is 5. The average Bonchev–Trinajstić information content (AvgIpc) is 2.48. The summed E-state index contributed by atoms with van der Waals surface area (Å²) < 4.78 is 10.9. The van der Waals surface area contributed by atoms with Gasteiger partial charge in [0.1, 0.15) is 5.75 Å². The highest BCUT2D eigenvalue weighted by molar-refractivity contribution is 6.30. The maximum Gasteiger partial charge on any atom is 0.347 e. The van der Waals surface area contributed by atoms with Gasteiger partial charge in [0.25, 0.3) is 0 Å². The Labute approximate surface area is 139 Å². The van der Waals surface area contributed by atoms with Gasteiger partial charge in [0.05, 0.1) is 6.61 Å². The summed E-state index contributed by atoms with van der Waals surface area (Å²) in [6.45, 7) is 6.27. The second kappa shape index (κ2) is 10.5. The van der Waals surface area contributed by atoms with Crippen molar-refractivity contribution in [3.8, 4) is 5.75 Å². The van der Waals surface area contributed by atoms with E-state index < -0.39 is 6.10 Å². The van der Waals surface area contributed by atoms with E-state index in [0.29, 0.717) is 17.4 Å². The molecule has 0 N–H and O–H groups in total. The molecule has 22 heavy (non-hydrogen) atoms. The predicted octanol–water partition coefficient (Wildman–Crippen LogP) is 5.32. The van der Waals surface area contributed by atoms with E-state index in [2.05, 4.69) is 6.92 Å². The first-order chi connectivity index (χ1) is 10.5. The minimum Gasteiger partial charge on any atom is -0.479 e. The smallest absolute Gasteiger partial charge is 0.347 e. The fourth-order valence-electron chi connectivity index (χ4n) is 2.16. The summed E-state index contributed by atoms with van der Waals surface area (Å²) >= 11 is 5.90. The molecule has 0 saturated carbocycles. The van der Waals surface area contributed by atoms with Gasteiger partial charge in [-0.3, -0.25) is 0 Å². The second-order valence-electron chi connectivity index (χ2n) is 5.61. The highest BCUT2D eigenvalue weighted by Gasteiger charge is 2.17. The Morgan fingerprint density at radius 1 is 1.18 bits per heavy atom. The lowest BCUT2D eigenvalue weighted by Crippen LogP contribution is -2.26. The first-order valence-corrected chi connectivity index (χ1v) is 8.51. The molecule has 0 unspecified atom stereocenters.